The van der Waals surface area contributed by atoms with E-state index in [9.17, 15) is 4.79 Å². The van der Waals surface area contributed by atoms with Crippen LogP contribution in [0.25, 0.3) is 21.8 Å². The van der Waals surface area contributed by atoms with E-state index in [0.29, 0.717) is 5.69 Å². The molecule has 2 aromatic heterocycles. The number of hydrogen-bond acceptors (Lipinski definition) is 4. The highest BCUT2D eigenvalue weighted by Gasteiger charge is 2.15. The molecule has 0 aliphatic heterocycles. The van der Waals surface area contributed by atoms with Gasteiger partial charge in [0.1, 0.15) is 5.75 Å². The number of aromatic nitrogens is 2. The van der Waals surface area contributed by atoms with Crippen LogP contribution in [0.3, 0.4) is 0 Å². The third-order valence-corrected chi connectivity index (χ3v) is 4.47. The van der Waals surface area contributed by atoms with E-state index in [1.54, 1.807) is 31.5 Å². The number of nitrogens with zero attached hydrogens (tertiary/aromatic N) is 3. The first-order valence-corrected chi connectivity index (χ1v) is 8.48. The summed E-state index contributed by atoms with van der Waals surface area (Å²) in [5.74, 6) is 0.742. The largest absolute Gasteiger partial charge is 0.497 e. The number of methoxy groups -OCH3 is 1. The molecule has 27 heavy (non-hydrogen) atoms. The summed E-state index contributed by atoms with van der Waals surface area (Å²) in [6.45, 7) is 0. The molecule has 0 radical (unpaired) electrons. The molecule has 2 amide bonds. The molecule has 0 spiro atoms. The number of rotatable bonds is 3. The number of ether oxygens (including phenoxy) is 1. The van der Waals surface area contributed by atoms with E-state index in [-0.39, 0.29) is 6.03 Å². The zero-order valence-electron chi connectivity index (χ0n) is 15.0. The lowest BCUT2D eigenvalue weighted by Gasteiger charge is -2.19. The Hall–Kier alpha value is -3.67. The minimum atomic E-state index is -0.242. The average Bonchev–Trinajstić information content (AvgIpc) is 2.73. The maximum absolute atomic E-state index is 12.8. The normalized spacial score (nSPS) is 10.7. The number of carbonyl (C=O) groups is 1. The molecule has 6 heteroatoms. The monoisotopic (exact) mass is 358 g/mol. The Labute approximate surface area is 156 Å². The van der Waals surface area contributed by atoms with Crippen LogP contribution in [0.2, 0.25) is 0 Å². The van der Waals surface area contributed by atoms with Gasteiger partial charge < -0.3 is 10.1 Å². The number of carbonyl (C=O) groups excluding carboxylic acids is 1. The smallest absolute Gasteiger partial charge is 0.326 e. The number of anilines is 2. The topological polar surface area (TPSA) is 67.3 Å². The molecular formula is C21H18N4O2. The number of fused-ring (bicyclic) bond motifs is 3. The summed E-state index contributed by atoms with van der Waals surface area (Å²) in [6, 6.07) is 16.6. The van der Waals surface area contributed by atoms with Gasteiger partial charge in [-0.25, -0.2) is 4.79 Å². The third-order valence-electron chi connectivity index (χ3n) is 4.47. The first kappa shape index (κ1) is 16.8. The molecule has 2 heterocycles. The first-order chi connectivity index (χ1) is 13.2. The summed E-state index contributed by atoms with van der Waals surface area (Å²) < 4.78 is 5.16. The molecule has 1 N–H and O–H groups in total. The lowest BCUT2D eigenvalue weighted by atomic mass is 10.1. The van der Waals surface area contributed by atoms with Crippen molar-refractivity contribution in [3.05, 3.63) is 67.0 Å². The van der Waals surface area contributed by atoms with Gasteiger partial charge in [0, 0.05) is 35.9 Å². The summed E-state index contributed by atoms with van der Waals surface area (Å²) >= 11 is 0. The number of hydrogen-bond donors (Lipinski definition) is 1. The van der Waals surface area contributed by atoms with Gasteiger partial charge in [-0.2, -0.15) is 0 Å². The van der Waals surface area contributed by atoms with Crippen molar-refractivity contribution in [2.24, 2.45) is 0 Å². The third kappa shape index (κ3) is 3.13. The fourth-order valence-electron chi connectivity index (χ4n) is 3.00. The Kier molecular flexibility index (Phi) is 4.30. The van der Waals surface area contributed by atoms with Gasteiger partial charge in [-0.3, -0.25) is 14.9 Å². The van der Waals surface area contributed by atoms with Crippen molar-refractivity contribution in [1.29, 1.82) is 0 Å². The highest BCUT2D eigenvalue weighted by atomic mass is 16.5. The highest BCUT2D eigenvalue weighted by Crippen LogP contribution is 2.29. The molecule has 4 aromatic rings. The molecule has 0 aliphatic rings. The van der Waals surface area contributed by atoms with Crippen molar-refractivity contribution in [1.82, 2.24) is 9.97 Å². The van der Waals surface area contributed by atoms with Gasteiger partial charge in [-0.15, -0.1) is 0 Å². The van der Waals surface area contributed by atoms with Gasteiger partial charge in [-0.1, -0.05) is 6.07 Å². The van der Waals surface area contributed by atoms with E-state index >= 15 is 0 Å². The molecule has 0 aliphatic carbocycles. The molecule has 0 saturated carbocycles. The fourth-order valence-corrected chi connectivity index (χ4v) is 3.00. The van der Waals surface area contributed by atoms with Gasteiger partial charge in [0.2, 0.25) is 0 Å². The molecule has 0 bridgehead atoms. The molecule has 0 atom stereocenters. The quantitative estimate of drug-likeness (QED) is 0.549. The summed E-state index contributed by atoms with van der Waals surface area (Å²) in [4.78, 5) is 23.2. The van der Waals surface area contributed by atoms with Crippen LogP contribution in [0, 0.1) is 0 Å². The Morgan fingerprint density at radius 1 is 1.00 bits per heavy atom. The molecule has 0 fully saturated rings. The van der Waals surface area contributed by atoms with E-state index < -0.39 is 0 Å². The summed E-state index contributed by atoms with van der Waals surface area (Å²) in [5.41, 5.74) is 3.04. The van der Waals surface area contributed by atoms with Gasteiger partial charge in [0.25, 0.3) is 0 Å². The van der Waals surface area contributed by atoms with Crippen LogP contribution in [0.4, 0.5) is 16.2 Å². The lowest BCUT2D eigenvalue weighted by Crippen LogP contribution is -2.31. The first-order valence-electron chi connectivity index (χ1n) is 8.48. The number of nitrogens with one attached hydrogen (secondary N) is 1. The summed E-state index contributed by atoms with van der Waals surface area (Å²) in [6.07, 6.45) is 3.47. The summed E-state index contributed by atoms with van der Waals surface area (Å²) in [5, 5.41) is 4.76. The van der Waals surface area contributed by atoms with Gasteiger partial charge in [-0.05, 0) is 48.5 Å². The van der Waals surface area contributed by atoms with E-state index in [4.69, 9.17) is 4.74 Å². The van der Waals surface area contributed by atoms with Crippen LogP contribution < -0.4 is 15.0 Å². The molecule has 4 rings (SSSR count). The number of urea groups is 1. The maximum Gasteiger partial charge on any atom is 0.326 e. The standard InChI is InChI=1S/C21H18N4O2/c1-25(15-7-9-16(27-2)10-8-15)21(26)24-18-13-14-5-3-11-22-19(14)20-17(18)6-4-12-23-20/h3-13H,1-2H3,(H,24,26). The highest BCUT2D eigenvalue weighted by molar-refractivity contribution is 6.13. The zero-order chi connectivity index (χ0) is 18.8. The van der Waals surface area contributed by atoms with Crippen LogP contribution in [-0.4, -0.2) is 30.2 Å². The second-order valence-corrected chi connectivity index (χ2v) is 6.09. The van der Waals surface area contributed by atoms with Crippen LogP contribution in [0.1, 0.15) is 0 Å². The Morgan fingerprint density at radius 3 is 2.44 bits per heavy atom. The number of amides is 2. The molecular weight excluding hydrogens is 340 g/mol. The Morgan fingerprint density at radius 2 is 1.70 bits per heavy atom. The number of pyridine rings is 2. The van der Waals surface area contributed by atoms with Crippen molar-refractivity contribution in [2.75, 3.05) is 24.4 Å². The minimum Gasteiger partial charge on any atom is -0.497 e. The molecule has 2 aromatic carbocycles. The van der Waals surface area contributed by atoms with E-state index in [0.717, 1.165) is 33.2 Å². The van der Waals surface area contributed by atoms with Gasteiger partial charge >= 0.3 is 6.03 Å². The minimum absolute atomic E-state index is 0.242. The van der Waals surface area contributed by atoms with Crippen LogP contribution in [0.5, 0.6) is 5.75 Å². The van der Waals surface area contributed by atoms with Crippen molar-refractivity contribution in [3.8, 4) is 5.75 Å². The van der Waals surface area contributed by atoms with Crippen molar-refractivity contribution in [3.63, 3.8) is 0 Å². The SMILES string of the molecule is COc1ccc(N(C)C(=O)Nc2cc3cccnc3c3ncccc23)cc1. The number of benzene rings is 2. The van der Waals surface area contributed by atoms with Crippen LogP contribution in [0.15, 0.2) is 67.0 Å². The van der Waals surface area contributed by atoms with Crippen molar-refractivity contribution < 1.29 is 9.53 Å². The summed E-state index contributed by atoms with van der Waals surface area (Å²) in [7, 11) is 3.33. The molecule has 0 unspecified atom stereocenters. The molecule has 6 nitrogen and oxygen atoms in total. The second-order valence-electron chi connectivity index (χ2n) is 6.09. The maximum atomic E-state index is 12.8. The van der Waals surface area contributed by atoms with Gasteiger partial charge in [0.05, 0.1) is 23.8 Å². The van der Waals surface area contributed by atoms with E-state index in [1.807, 2.05) is 54.6 Å². The van der Waals surface area contributed by atoms with Crippen molar-refractivity contribution >= 4 is 39.2 Å². The lowest BCUT2D eigenvalue weighted by molar-refractivity contribution is 0.258. The van der Waals surface area contributed by atoms with Crippen molar-refractivity contribution in [2.45, 2.75) is 0 Å². The zero-order valence-corrected chi connectivity index (χ0v) is 15.0. The second kappa shape index (κ2) is 6.92. The van der Waals surface area contributed by atoms with Gasteiger partial charge in [0.15, 0.2) is 0 Å². The predicted octanol–water partition coefficient (Wildman–Crippen LogP) is 4.46. The molecule has 0 saturated heterocycles. The van der Waals surface area contributed by atoms with Crippen LogP contribution >= 0.6 is 0 Å². The predicted molar refractivity (Wildman–Crippen MR) is 107 cm³/mol. The Balaban J connectivity index is 1.70. The van der Waals surface area contributed by atoms with E-state index in [1.165, 1.54) is 0 Å². The fraction of sp³-hybridized carbons (Fsp3) is 0.0952. The molecule has 134 valence electrons. The Bertz CT molecular complexity index is 1130. The van der Waals surface area contributed by atoms with E-state index in [2.05, 4.69) is 15.3 Å². The average molecular weight is 358 g/mol. The van der Waals surface area contributed by atoms with Crippen LogP contribution in [-0.2, 0) is 0 Å².